The van der Waals surface area contributed by atoms with E-state index >= 15 is 0 Å². The van der Waals surface area contributed by atoms with E-state index in [0.29, 0.717) is 27.6 Å². The Labute approximate surface area is 160 Å². The highest BCUT2D eigenvalue weighted by molar-refractivity contribution is 6.30. The number of allylic oxidation sites excluding steroid dienone is 1. The van der Waals surface area contributed by atoms with Crippen LogP contribution in [0.5, 0.6) is 11.5 Å². The van der Waals surface area contributed by atoms with Gasteiger partial charge in [0.1, 0.15) is 23.9 Å². The molecule has 0 radical (unpaired) electrons. The van der Waals surface area contributed by atoms with Crippen molar-refractivity contribution in [2.45, 2.75) is 6.61 Å². The molecule has 0 saturated carbocycles. The number of ketones is 1. The molecule has 0 amide bonds. The van der Waals surface area contributed by atoms with Crippen LogP contribution >= 0.6 is 11.6 Å². The second-order valence-corrected chi connectivity index (χ2v) is 6.47. The highest BCUT2D eigenvalue weighted by atomic mass is 35.5. The summed E-state index contributed by atoms with van der Waals surface area (Å²) in [5.74, 6) is 0.640. The summed E-state index contributed by atoms with van der Waals surface area (Å²) in [6.07, 6.45) is 1.67. The lowest BCUT2D eigenvalue weighted by Gasteiger charge is -2.08. The van der Waals surface area contributed by atoms with Crippen LogP contribution in [-0.2, 0) is 6.61 Å². The molecule has 27 heavy (non-hydrogen) atoms. The summed E-state index contributed by atoms with van der Waals surface area (Å²) in [4.78, 5) is 12.5. The number of ether oxygens (including phenoxy) is 2. The topological polar surface area (TPSA) is 35.5 Å². The summed E-state index contributed by atoms with van der Waals surface area (Å²) >= 11 is 5.87. The third-order valence-electron chi connectivity index (χ3n) is 4.16. The van der Waals surface area contributed by atoms with E-state index in [-0.39, 0.29) is 24.0 Å². The number of carbonyl (C=O) groups is 1. The first-order valence-electron chi connectivity index (χ1n) is 8.30. The van der Waals surface area contributed by atoms with E-state index in [2.05, 4.69) is 0 Å². The molecule has 0 saturated heterocycles. The van der Waals surface area contributed by atoms with Crippen molar-refractivity contribution in [1.29, 1.82) is 0 Å². The zero-order valence-corrected chi connectivity index (χ0v) is 14.9. The lowest BCUT2D eigenvalue weighted by Crippen LogP contribution is -1.98. The van der Waals surface area contributed by atoms with Crippen LogP contribution in [0.3, 0.4) is 0 Å². The van der Waals surface area contributed by atoms with Crippen molar-refractivity contribution in [3.8, 4) is 11.5 Å². The highest BCUT2D eigenvalue weighted by Crippen LogP contribution is 2.35. The quantitative estimate of drug-likeness (QED) is 0.547. The number of halogens is 2. The lowest BCUT2D eigenvalue weighted by atomic mass is 10.1. The van der Waals surface area contributed by atoms with Crippen molar-refractivity contribution in [2.75, 3.05) is 0 Å². The second kappa shape index (κ2) is 7.25. The molecule has 3 aromatic rings. The van der Waals surface area contributed by atoms with Gasteiger partial charge < -0.3 is 9.47 Å². The Morgan fingerprint density at radius 2 is 1.81 bits per heavy atom. The monoisotopic (exact) mass is 380 g/mol. The van der Waals surface area contributed by atoms with Gasteiger partial charge >= 0.3 is 0 Å². The van der Waals surface area contributed by atoms with Crippen LogP contribution in [0, 0.1) is 5.82 Å². The molecule has 134 valence electrons. The van der Waals surface area contributed by atoms with Gasteiger partial charge in [0.2, 0.25) is 5.78 Å². The molecule has 0 aliphatic carbocycles. The Kier molecular flexibility index (Phi) is 4.65. The minimum absolute atomic E-state index is 0.0902. The van der Waals surface area contributed by atoms with Crippen molar-refractivity contribution < 1.29 is 18.7 Å². The van der Waals surface area contributed by atoms with E-state index in [1.165, 1.54) is 6.07 Å². The normalized spacial score (nSPS) is 14.1. The molecule has 0 atom stereocenters. The third-order valence-corrected chi connectivity index (χ3v) is 4.41. The zero-order valence-electron chi connectivity index (χ0n) is 14.1. The predicted molar refractivity (Wildman–Crippen MR) is 102 cm³/mol. The number of fused-ring (bicyclic) bond motifs is 1. The van der Waals surface area contributed by atoms with E-state index < -0.39 is 0 Å². The van der Waals surface area contributed by atoms with E-state index in [0.717, 1.165) is 5.56 Å². The first-order valence-corrected chi connectivity index (χ1v) is 8.68. The van der Waals surface area contributed by atoms with Gasteiger partial charge in [0, 0.05) is 16.7 Å². The van der Waals surface area contributed by atoms with Crippen LogP contribution in [-0.4, -0.2) is 5.78 Å². The van der Waals surface area contributed by atoms with E-state index in [4.69, 9.17) is 21.1 Å². The number of hydrogen-bond donors (Lipinski definition) is 0. The molecule has 0 N–H and O–H groups in total. The second-order valence-electron chi connectivity index (χ2n) is 6.03. The van der Waals surface area contributed by atoms with E-state index in [1.54, 1.807) is 66.7 Å². The molecule has 4 rings (SSSR count). The Balaban J connectivity index is 1.52. The van der Waals surface area contributed by atoms with Gasteiger partial charge in [0.25, 0.3) is 0 Å². The molecule has 3 aromatic carbocycles. The molecule has 1 aliphatic rings. The van der Waals surface area contributed by atoms with Crippen molar-refractivity contribution in [1.82, 2.24) is 0 Å². The number of hydrogen-bond acceptors (Lipinski definition) is 3. The van der Waals surface area contributed by atoms with Gasteiger partial charge in [-0.1, -0.05) is 41.9 Å². The first kappa shape index (κ1) is 17.3. The van der Waals surface area contributed by atoms with Crippen LogP contribution in [0.15, 0.2) is 72.5 Å². The predicted octanol–water partition coefficient (Wildman–Crippen LogP) is 5.67. The Morgan fingerprint density at radius 1 is 1.04 bits per heavy atom. The van der Waals surface area contributed by atoms with Crippen LogP contribution in [0.2, 0.25) is 5.02 Å². The maximum atomic E-state index is 13.7. The molecule has 1 heterocycles. The van der Waals surface area contributed by atoms with E-state index in [1.807, 2.05) is 0 Å². The van der Waals surface area contributed by atoms with Crippen LogP contribution in [0.4, 0.5) is 4.39 Å². The van der Waals surface area contributed by atoms with Gasteiger partial charge in [0.05, 0.1) is 5.56 Å². The van der Waals surface area contributed by atoms with Gasteiger partial charge in [-0.2, -0.15) is 0 Å². The standard InChI is InChI=1S/C22H14ClFO3/c23-16-7-5-14(6-8-16)11-21-22(25)18-10-9-17(12-20(18)27-21)26-13-15-3-1-2-4-19(15)24/h1-12H,13H2/b21-11-. The largest absolute Gasteiger partial charge is 0.489 e. The molecule has 0 bridgehead atoms. The Bertz CT molecular complexity index is 1040. The van der Waals surface area contributed by atoms with Gasteiger partial charge in [-0.25, -0.2) is 4.39 Å². The average molecular weight is 381 g/mol. The number of benzene rings is 3. The molecule has 0 fully saturated rings. The lowest BCUT2D eigenvalue weighted by molar-refractivity contribution is 0.101. The summed E-state index contributed by atoms with van der Waals surface area (Å²) < 4.78 is 25.0. The molecular weight excluding hydrogens is 367 g/mol. The van der Waals surface area contributed by atoms with E-state index in [9.17, 15) is 9.18 Å². The summed E-state index contributed by atoms with van der Waals surface area (Å²) in [5.41, 5.74) is 1.73. The minimum atomic E-state index is -0.321. The van der Waals surface area contributed by atoms with Crippen molar-refractivity contribution in [2.24, 2.45) is 0 Å². The van der Waals surface area contributed by atoms with Crippen molar-refractivity contribution >= 4 is 23.5 Å². The average Bonchev–Trinajstić information content (AvgIpc) is 2.98. The molecule has 1 aliphatic heterocycles. The molecule has 5 heteroatoms. The molecule has 0 spiro atoms. The SMILES string of the molecule is O=C1/C(=C/c2ccc(Cl)cc2)Oc2cc(OCc3ccccc3F)ccc21. The Hall–Kier alpha value is -3.11. The number of rotatable bonds is 4. The van der Waals surface area contributed by atoms with Gasteiger partial charge in [-0.3, -0.25) is 4.79 Å². The van der Waals surface area contributed by atoms with Gasteiger partial charge in [-0.15, -0.1) is 0 Å². The maximum Gasteiger partial charge on any atom is 0.231 e. The molecule has 3 nitrogen and oxygen atoms in total. The fourth-order valence-corrected chi connectivity index (χ4v) is 2.87. The fourth-order valence-electron chi connectivity index (χ4n) is 2.74. The van der Waals surface area contributed by atoms with Crippen LogP contribution in [0.25, 0.3) is 6.08 Å². The Morgan fingerprint density at radius 3 is 2.59 bits per heavy atom. The van der Waals surface area contributed by atoms with Gasteiger partial charge in [-0.05, 0) is 42.0 Å². The molecule has 0 aromatic heterocycles. The number of carbonyl (C=O) groups excluding carboxylic acids is 1. The fraction of sp³-hybridized carbons (Fsp3) is 0.0455. The molecule has 0 unspecified atom stereocenters. The summed E-state index contributed by atoms with van der Waals surface area (Å²) in [5, 5.41) is 0.621. The minimum Gasteiger partial charge on any atom is -0.489 e. The van der Waals surface area contributed by atoms with Crippen molar-refractivity contribution in [3.05, 3.63) is 100 Å². The zero-order chi connectivity index (χ0) is 18.8. The first-order chi connectivity index (χ1) is 13.1. The summed E-state index contributed by atoms with van der Waals surface area (Å²) in [6.45, 7) is 0.0902. The molecular formula is C22H14ClFO3. The third kappa shape index (κ3) is 3.71. The number of Topliss-reactive ketones (excluding diaryl/α,β-unsaturated/α-hetero) is 1. The summed E-state index contributed by atoms with van der Waals surface area (Å²) in [6, 6.07) is 18.5. The maximum absolute atomic E-state index is 13.7. The summed E-state index contributed by atoms with van der Waals surface area (Å²) in [7, 11) is 0. The van der Waals surface area contributed by atoms with Crippen LogP contribution < -0.4 is 9.47 Å². The highest BCUT2D eigenvalue weighted by Gasteiger charge is 2.27. The smallest absolute Gasteiger partial charge is 0.231 e. The van der Waals surface area contributed by atoms with Crippen molar-refractivity contribution in [3.63, 3.8) is 0 Å². The van der Waals surface area contributed by atoms with Crippen LogP contribution in [0.1, 0.15) is 21.5 Å². The van der Waals surface area contributed by atoms with Gasteiger partial charge in [0.15, 0.2) is 5.76 Å².